The van der Waals surface area contributed by atoms with Gasteiger partial charge in [-0.2, -0.15) is 11.3 Å². The largest absolute Gasteiger partial charge is 0.394 e. The highest BCUT2D eigenvalue weighted by atomic mass is 32.1. The van der Waals surface area contributed by atoms with Crippen molar-refractivity contribution in [3.05, 3.63) is 52.7 Å². The summed E-state index contributed by atoms with van der Waals surface area (Å²) in [7, 11) is 1.93. The minimum atomic E-state index is -0.822. The number of nitrogens with zero attached hydrogens (tertiary/aromatic N) is 1. The molecule has 1 fully saturated rings. The second-order valence-electron chi connectivity index (χ2n) is 6.94. The maximum atomic E-state index is 12.1. The van der Waals surface area contributed by atoms with Gasteiger partial charge in [-0.1, -0.05) is 30.3 Å². The Bertz CT molecular complexity index is 728. The van der Waals surface area contributed by atoms with E-state index >= 15 is 0 Å². The molecule has 0 aliphatic carbocycles. The predicted molar refractivity (Wildman–Crippen MR) is 110 cm³/mol. The second kappa shape index (κ2) is 9.99. The summed E-state index contributed by atoms with van der Waals surface area (Å²) in [6.07, 6.45) is -1.06. The Morgan fingerprint density at radius 3 is 2.71 bits per heavy atom. The van der Waals surface area contributed by atoms with Gasteiger partial charge in [-0.3, -0.25) is 4.90 Å². The molecule has 2 heterocycles. The van der Waals surface area contributed by atoms with Crippen LogP contribution in [0.3, 0.4) is 0 Å². The molecule has 0 unspecified atom stereocenters. The number of rotatable bonds is 8. The van der Waals surface area contributed by atoms with Gasteiger partial charge in [-0.25, -0.2) is 4.79 Å². The molecule has 1 aliphatic rings. The van der Waals surface area contributed by atoms with Crippen molar-refractivity contribution in [1.29, 1.82) is 0 Å². The normalized spacial score (nSPS) is 24.4. The van der Waals surface area contributed by atoms with E-state index in [-0.39, 0.29) is 25.2 Å². The lowest BCUT2D eigenvalue weighted by molar-refractivity contribution is -0.0205. The van der Waals surface area contributed by atoms with Crippen molar-refractivity contribution in [2.45, 2.75) is 30.8 Å². The lowest BCUT2D eigenvalue weighted by Gasteiger charge is -2.30. The van der Waals surface area contributed by atoms with Gasteiger partial charge >= 0.3 is 6.03 Å². The maximum Gasteiger partial charge on any atom is 0.319 e. The van der Waals surface area contributed by atoms with Gasteiger partial charge in [0.15, 0.2) is 0 Å². The molecule has 2 aromatic rings. The molecule has 1 saturated heterocycles. The summed E-state index contributed by atoms with van der Waals surface area (Å²) in [5, 5.41) is 29.4. The monoisotopic (exact) mass is 405 g/mol. The number of hydrogen-bond acceptors (Lipinski definition) is 6. The molecule has 1 aromatic heterocycles. The number of nitrogens with one attached hydrogen (secondary N) is 2. The first-order chi connectivity index (χ1) is 13.6. The molecule has 8 heteroatoms. The average molecular weight is 406 g/mol. The van der Waals surface area contributed by atoms with Crippen LogP contribution in [0, 0.1) is 0 Å². The number of aliphatic hydroxyl groups excluding tert-OH is 2. The molecule has 152 valence electrons. The Kier molecular flexibility index (Phi) is 7.41. The van der Waals surface area contributed by atoms with E-state index in [0.29, 0.717) is 0 Å². The zero-order chi connectivity index (χ0) is 19.9. The zero-order valence-corrected chi connectivity index (χ0v) is 16.6. The summed E-state index contributed by atoms with van der Waals surface area (Å²) in [5.74, 6) is 0. The fourth-order valence-electron chi connectivity index (χ4n) is 3.49. The topological polar surface area (TPSA) is 94.1 Å². The van der Waals surface area contributed by atoms with Gasteiger partial charge in [0, 0.05) is 18.5 Å². The van der Waals surface area contributed by atoms with Crippen LogP contribution in [0.1, 0.15) is 5.56 Å². The molecule has 0 bridgehead atoms. The van der Waals surface area contributed by atoms with Gasteiger partial charge in [0.2, 0.25) is 0 Å². The molecule has 0 radical (unpaired) electrons. The first-order valence-electron chi connectivity index (χ1n) is 9.34. The van der Waals surface area contributed by atoms with E-state index in [1.165, 1.54) is 16.9 Å². The fraction of sp³-hybridized carbons (Fsp3) is 0.450. The molecule has 2 amide bonds. The Labute approximate surface area is 168 Å². The number of urea groups is 1. The van der Waals surface area contributed by atoms with Crippen molar-refractivity contribution in [3.63, 3.8) is 0 Å². The smallest absolute Gasteiger partial charge is 0.319 e. The molecule has 4 atom stereocenters. The highest BCUT2D eigenvalue weighted by Gasteiger charge is 2.45. The summed E-state index contributed by atoms with van der Waals surface area (Å²) in [4.78, 5) is 14.1. The van der Waals surface area contributed by atoms with E-state index in [9.17, 15) is 15.0 Å². The van der Waals surface area contributed by atoms with Crippen molar-refractivity contribution in [1.82, 2.24) is 10.2 Å². The van der Waals surface area contributed by atoms with Crippen molar-refractivity contribution in [2.75, 3.05) is 32.1 Å². The van der Waals surface area contributed by atoms with Gasteiger partial charge < -0.3 is 25.6 Å². The lowest BCUT2D eigenvalue weighted by Crippen LogP contribution is -2.50. The number of likely N-dealkylation sites (N-methyl/N-ethyl adjacent to an activating group) is 1. The van der Waals surface area contributed by atoms with Crippen LogP contribution in [-0.4, -0.2) is 72.2 Å². The van der Waals surface area contributed by atoms with Crippen molar-refractivity contribution < 1.29 is 19.7 Å². The number of thiophene rings is 1. The van der Waals surface area contributed by atoms with Crippen LogP contribution in [0.2, 0.25) is 0 Å². The Morgan fingerprint density at radius 2 is 2.04 bits per heavy atom. The summed E-state index contributed by atoms with van der Waals surface area (Å²) in [6.45, 7) is 0.705. The summed E-state index contributed by atoms with van der Waals surface area (Å²) >= 11 is 1.50. The molecule has 28 heavy (non-hydrogen) atoms. The minimum Gasteiger partial charge on any atom is -0.394 e. The third-order valence-corrected chi connectivity index (χ3v) is 5.67. The van der Waals surface area contributed by atoms with E-state index in [2.05, 4.69) is 22.8 Å². The van der Waals surface area contributed by atoms with E-state index < -0.39 is 18.3 Å². The molecule has 7 nitrogen and oxygen atoms in total. The van der Waals surface area contributed by atoms with Crippen molar-refractivity contribution >= 4 is 23.1 Å². The molecular formula is C20H27N3O4S. The average Bonchev–Trinajstić information content (AvgIpc) is 3.32. The molecule has 0 saturated carbocycles. The number of anilines is 1. The van der Waals surface area contributed by atoms with Crippen LogP contribution in [-0.2, 0) is 11.2 Å². The summed E-state index contributed by atoms with van der Waals surface area (Å²) in [5.41, 5.74) is 1.95. The number of amides is 2. The lowest BCUT2D eigenvalue weighted by atomic mass is 10.0. The fourth-order valence-corrected chi connectivity index (χ4v) is 4.08. The quantitative estimate of drug-likeness (QED) is 0.534. The Hall–Kier alpha value is -1.97. The van der Waals surface area contributed by atoms with Gasteiger partial charge in [-0.05, 0) is 30.5 Å². The highest BCUT2D eigenvalue weighted by Crippen LogP contribution is 2.25. The first-order valence-corrected chi connectivity index (χ1v) is 10.3. The third-order valence-electron chi connectivity index (χ3n) is 4.99. The van der Waals surface area contributed by atoms with Crippen LogP contribution < -0.4 is 10.6 Å². The Balaban J connectivity index is 1.56. The third kappa shape index (κ3) is 5.30. The van der Waals surface area contributed by atoms with Crippen molar-refractivity contribution in [2.24, 2.45) is 0 Å². The number of ether oxygens (including phenoxy) is 1. The predicted octanol–water partition coefficient (Wildman–Crippen LogP) is 1.53. The summed E-state index contributed by atoms with van der Waals surface area (Å²) < 4.78 is 5.81. The number of hydrogen-bond donors (Lipinski definition) is 4. The number of aliphatic hydroxyl groups is 2. The van der Waals surface area contributed by atoms with Gasteiger partial charge in [0.1, 0.15) is 12.2 Å². The van der Waals surface area contributed by atoms with Crippen LogP contribution in [0.5, 0.6) is 0 Å². The SMILES string of the molecule is CN(CCc1ccccc1)[C@H]1[C@H](O)[C@H](CO)O[C@@H]1CNC(=O)Nc1ccsc1. The van der Waals surface area contributed by atoms with Gasteiger partial charge in [-0.15, -0.1) is 0 Å². The summed E-state index contributed by atoms with van der Waals surface area (Å²) in [6, 6.07) is 11.3. The van der Waals surface area contributed by atoms with Gasteiger partial charge in [0.25, 0.3) is 0 Å². The van der Waals surface area contributed by atoms with E-state index in [1.54, 1.807) is 0 Å². The van der Waals surface area contributed by atoms with Crippen LogP contribution in [0.4, 0.5) is 10.5 Å². The van der Waals surface area contributed by atoms with Crippen LogP contribution in [0.15, 0.2) is 47.2 Å². The molecule has 0 spiro atoms. The molecule has 4 N–H and O–H groups in total. The van der Waals surface area contributed by atoms with Crippen molar-refractivity contribution in [3.8, 4) is 0 Å². The molecular weight excluding hydrogens is 378 g/mol. The first kappa shape index (κ1) is 20.8. The number of carbonyl (C=O) groups is 1. The standard InChI is InChI=1S/C20H27N3O4S/c1-23(9-7-14-5-3-2-4-6-14)18-16(27-17(12-24)19(18)25)11-21-20(26)22-15-8-10-28-13-15/h2-6,8,10,13,16-19,24-25H,7,9,11-12H2,1H3,(H2,21,22,26)/t16-,17+,18-,19-/m1/s1. The molecule has 1 aromatic carbocycles. The number of carbonyl (C=O) groups excluding carboxylic acids is 1. The molecule has 1 aliphatic heterocycles. The minimum absolute atomic E-state index is 0.240. The van der Waals surface area contributed by atoms with E-state index in [1.807, 2.05) is 47.0 Å². The van der Waals surface area contributed by atoms with Gasteiger partial charge in [0.05, 0.1) is 24.4 Å². The highest BCUT2D eigenvalue weighted by molar-refractivity contribution is 7.08. The Morgan fingerprint density at radius 1 is 1.25 bits per heavy atom. The maximum absolute atomic E-state index is 12.1. The second-order valence-corrected chi connectivity index (χ2v) is 7.72. The molecule has 3 rings (SSSR count). The van der Waals surface area contributed by atoms with Crippen LogP contribution >= 0.6 is 11.3 Å². The van der Waals surface area contributed by atoms with E-state index in [0.717, 1.165) is 18.7 Å². The van der Waals surface area contributed by atoms with Crippen LogP contribution in [0.25, 0.3) is 0 Å². The number of benzene rings is 1. The zero-order valence-electron chi connectivity index (χ0n) is 15.8. The van der Waals surface area contributed by atoms with E-state index in [4.69, 9.17) is 4.74 Å².